The molecule has 1 N–H and O–H groups in total. The number of hydrogen-bond donors (Lipinski definition) is 1. The standard InChI is InChI=1S/C18H21IN2/c1-13-5-7-16(11-17(13)19)20-12-14-6-8-18-15(10-14)4-3-9-21(18)2/h5-8,10-11,20H,3-4,9,12H2,1-2H3. The molecule has 2 aromatic rings. The molecule has 21 heavy (non-hydrogen) atoms. The Bertz CT molecular complexity index is 652. The number of nitrogens with zero attached hydrogens (tertiary/aromatic N) is 1. The van der Waals surface area contributed by atoms with E-state index in [2.05, 4.69) is 83.2 Å². The van der Waals surface area contributed by atoms with Crippen molar-refractivity contribution in [1.82, 2.24) is 0 Å². The molecule has 2 aromatic carbocycles. The Morgan fingerprint density at radius 3 is 2.86 bits per heavy atom. The summed E-state index contributed by atoms with van der Waals surface area (Å²) in [6.45, 7) is 4.20. The largest absolute Gasteiger partial charge is 0.381 e. The van der Waals surface area contributed by atoms with E-state index in [-0.39, 0.29) is 0 Å². The first-order valence-electron chi connectivity index (χ1n) is 7.46. The van der Waals surface area contributed by atoms with Crippen molar-refractivity contribution in [2.24, 2.45) is 0 Å². The third-order valence-corrected chi connectivity index (χ3v) is 5.33. The number of halogens is 1. The minimum atomic E-state index is 0.885. The van der Waals surface area contributed by atoms with E-state index in [1.165, 1.54) is 51.0 Å². The van der Waals surface area contributed by atoms with Crippen LogP contribution in [0.1, 0.15) is 23.1 Å². The van der Waals surface area contributed by atoms with Gasteiger partial charge in [-0.3, -0.25) is 0 Å². The number of fused-ring (bicyclic) bond motifs is 1. The summed E-state index contributed by atoms with van der Waals surface area (Å²) >= 11 is 2.39. The second-order valence-corrected chi connectivity index (χ2v) is 6.97. The van der Waals surface area contributed by atoms with Gasteiger partial charge in [-0.05, 0) is 77.2 Å². The van der Waals surface area contributed by atoms with E-state index >= 15 is 0 Å². The lowest BCUT2D eigenvalue weighted by Gasteiger charge is -2.27. The zero-order valence-electron chi connectivity index (χ0n) is 12.6. The Hall–Kier alpha value is -1.23. The summed E-state index contributed by atoms with van der Waals surface area (Å²) in [5.41, 5.74) is 6.77. The zero-order chi connectivity index (χ0) is 14.8. The fourth-order valence-electron chi connectivity index (χ4n) is 2.86. The summed E-state index contributed by atoms with van der Waals surface area (Å²) in [7, 11) is 2.18. The highest BCUT2D eigenvalue weighted by Crippen LogP contribution is 2.27. The van der Waals surface area contributed by atoms with Crippen LogP contribution >= 0.6 is 22.6 Å². The summed E-state index contributed by atoms with van der Waals surface area (Å²) in [5, 5.41) is 3.53. The average molecular weight is 392 g/mol. The SMILES string of the molecule is Cc1ccc(NCc2ccc3c(c2)CCCN3C)cc1I. The summed E-state index contributed by atoms with van der Waals surface area (Å²) in [4.78, 5) is 2.36. The molecular weight excluding hydrogens is 371 g/mol. The van der Waals surface area contributed by atoms with Gasteiger partial charge in [-0.25, -0.2) is 0 Å². The molecular formula is C18H21IN2. The quantitative estimate of drug-likeness (QED) is 0.769. The molecule has 1 heterocycles. The van der Waals surface area contributed by atoms with E-state index in [0.29, 0.717) is 0 Å². The predicted octanol–water partition coefficient (Wildman–Crippen LogP) is 4.59. The molecule has 1 aliphatic rings. The Kier molecular flexibility index (Phi) is 4.38. The smallest absolute Gasteiger partial charge is 0.0400 e. The maximum Gasteiger partial charge on any atom is 0.0400 e. The van der Waals surface area contributed by atoms with Crippen LogP contribution in [0.2, 0.25) is 0 Å². The lowest BCUT2D eigenvalue weighted by molar-refractivity contribution is 0.743. The first kappa shape index (κ1) is 14.7. The molecule has 0 saturated carbocycles. The monoisotopic (exact) mass is 392 g/mol. The minimum absolute atomic E-state index is 0.885. The normalized spacial score (nSPS) is 14.0. The Balaban J connectivity index is 1.72. The van der Waals surface area contributed by atoms with Crippen molar-refractivity contribution in [2.45, 2.75) is 26.3 Å². The molecule has 0 saturated heterocycles. The predicted molar refractivity (Wildman–Crippen MR) is 99.3 cm³/mol. The van der Waals surface area contributed by atoms with Crippen molar-refractivity contribution in [3.63, 3.8) is 0 Å². The molecule has 0 radical (unpaired) electrons. The first-order valence-corrected chi connectivity index (χ1v) is 8.54. The maximum absolute atomic E-state index is 3.53. The van der Waals surface area contributed by atoms with Crippen molar-refractivity contribution in [2.75, 3.05) is 23.8 Å². The van der Waals surface area contributed by atoms with Crippen molar-refractivity contribution < 1.29 is 0 Å². The third-order valence-electron chi connectivity index (χ3n) is 4.16. The molecule has 110 valence electrons. The second-order valence-electron chi connectivity index (χ2n) is 5.81. The van der Waals surface area contributed by atoms with Crippen LogP contribution in [-0.4, -0.2) is 13.6 Å². The Morgan fingerprint density at radius 2 is 2.05 bits per heavy atom. The first-order chi connectivity index (χ1) is 10.1. The second kappa shape index (κ2) is 6.26. The molecule has 3 rings (SSSR count). The van der Waals surface area contributed by atoms with E-state index in [9.17, 15) is 0 Å². The van der Waals surface area contributed by atoms with Crippen LogP contribution in [0.15, 0.2) is 36.4 Å². The lowest BCUT2D eigenvalue weighted by atomic mass is 9.99. The van der Waals surface area contributed by atoms with E-state index in [1.807, 2.05) is 0 Å². The van der Waals surface area contributed by atoms with Crippen LogP contribution in [0.4, 0.5) is 11.4 Å². The van der Waals surface area contributed by atoms with Crippen LogP contribution in [0.5, 0.6) is 0 Å². The highest BCUT2D eigenvalue weighted by Gasteiger charge is 2.13. The maximum atomic E-state index is 3.53. The van der Waals surface area contributed by atoms with Gasteiger partial charge in [0.15, 0.2) is 0 Å². The Morgan fingerprint density at radius 1 is 1.19 bits per heavy atom. The highest BCUT2D eigenvalue weighted by atomic mass is 127. The van der Waals surface area contributed by atoms with Gasteiger partial charge < -0.3 is 10.2 Å². The number of nitrogens with one attached hydrogen (secondary N) is 1. The summed E-state index contributed by atoms with van der Waals surface area (Å²) in [6, 6.07) is 13.4. The minimum Gasteiger partial charge on any atom is -0.381 e. The molecule has 0 aliphatic carbocycles. The van der Waals surface area contributed by atoms with Gasteiger partial charge in [-0.2, -0.15) is 0 Å². The van der Waals surface area contributed by atoms with E-state index in [1.54, 1.807) is 0 Å². The van der Waals surface area contributed by atoms with Crippen molar-refractivity contribution >= 4 is 34.0 Å². The number of benzene rings is 2. The molecule has 2 nitrogen and oxygen atoms in total. The van der Waals surface area contributed by atoms with Gasteiger partial charge in [0.25, 0.3) is 0 Å². The third kappa shape index (κ3) is 3.34. The van der Waals surface area contributed by atoms with Crippen molar-refractivity contribution in [1.29, 1.82) is 0 Å². The van der Waals surface area contributed by atoms with Gasteiger partial charge in [-0.15, -0.1) is 0 Å². The number of hydrogen-bond acceptors (Lipinski definition) is 2. The van der Waals surface area contributed by atoms with Crippen LogP contribution in [-0.2, 0) is 13.0 Å². The molecule has 0 atom stereocenters. The molecule has 0 fully saturated rings. The summed E-state index contributed by atoms with van der Waals surface area (Å²) in [5.74, 6) is 0. The van der Waals surface area contributed by atoms with Gasteiger partial charge in [0, 0.05) is 35.1 Å². The molecule has 3 heteroatoms. The van der Waals surface area contributed by atoms with Gasteiger partial charge in [-0.1, -0.05) is 18.2 Å². The topological polar surface area (TPSA) is 15.3 Å². The zero-order valence-corrected chi connectivity index (χ0v) is 14.8. The van der Waals surface area contributed by atoms with Crippen LogP contribution in [0, 0.1) is 10.5 Å². The fraction of sp³-hybridized carbons (Fsp3) is 0.333. The van der Waals surface area contributed by atoms with Crippen molar-refractivity contribution in [3.8, 4) is 0 Å². The molecule has 0 unspecified atom stereocenters. The van der Waals surface area contributed by atoms with Gasteiger partial charge in [0.1, 0.15) is 0 Å². The molecule has 1 aliphatic heterocycles. The van der Waals surface area contributed by atoms with E-state index in [4.69, 9.17) is 0 Å². The van der Waals surface area contributed by atoms with Gasteiger partial charge in [0.05, 0.1) is 0 Å². The lowest BCUT2D eigenvalue weighted by Crippen LogP contribution is -2.24. The molecule has 0 bridgehead atoms. The van der Waals surface area contributed by atoms with Gasteiger partial charge >= 0.3 is 0 Å². The summed E-state index contributed by atoms with van der Waals surface area (Å²) < 4.78 is 1.31. The number of rotatable bonds is 3. The molecule has 0 amide bonds. The van der Waals surface area contributed by atoms with Gasteiger partial charge in [0.2, 0.25) is 0 Å². The van der Waals surface area contributed by atoms with Crippen LogP contribution in [0.3, 0.4) is 0 Å². The summed E-state index contributed by atoms with van der Waals surface area (Å²) in [6.07, 6.45) is 2.46. The van der Waals surface area contributed by atoms with E-state index < -0.39 is 0 Å². The molecule has 0 spiro atoms. The molecule has 0 aromatic heterocycles. The number of aryl methyl sites for hydroxylation is 2. The Labute approximate surface area is 140 Å². The van der Waals surface area contributed by atoms with Crippen LogP contribution in [0.25, 0.3) is 0 Å². The van der Waals surface area contributed by atoms with Crippen LogP contribution < -0.4 is 10.2 Å². The van der Waals surface area contributed by atoms with E-state index in [0.717, 1.165) is 6.54 Å². The fourth-order valence-corrected chi connectivity index (χ4v) is 3.37. The number of anilines is 2. The average Bonchev–Trinajstić information content (AvgIpc) is 2.49. The van der Waals surface area contributed by atoms with Crippen molar-refractivity contribution in [3.05, 3.63) is 56.7 Å². The highest BCUT2D eigenvalue weighted by molar-refractivity contribution is 14.1.